The second kappa shape index (κ2) is 5.01. The predicted octanol–water partition coefficient (Wildman–Crippen LogP) is 2.15. The Kier molecular flexibility index (Phi) is 3.96. The van der Waals surface area contributed by atoms with Crippen molar-refractivity contribution in [2.24, 2.45) is 5.73 Å². The molecule has 1 rings (SSSR count). The van der Waals surface area contributed by atoms with Crippen LogP contribution >= 0.6 is 0 Å². The topological polar surface area (TPSA) is 35.2 Å². The highest BCUT2D eigenvalue weighted by atomic mass is 16.5. The molecule has 0 heterocycles. The van der Waals surface area contributed by atoms with Gasteiger partial charge in [-0.3, -0.25) is 0 Å². The van der Waals surface area contributed by atoms with E-state index >= 15 is 0 Å². The third-order valence-corrected chi connectivity index (χ3v) is 2.31. The Bertz CT molecular complexity index is 294. The lowest BCUT2D eigenvalue weighted by atomic mass is 10.0. The molecule has 0 amide bonds. The monoisotopic (exact) mass is 193 g/mol. The predicted molar refractivity (Wildman–Crippen MR) is 59.7 cm³/mol. The van der Waals surface area contributed by atoms with Gasteiger partial charge in [0.05, 0.1) is 7.11 Å². The first-order valence-electron chi connectivity index (χ1n) is 5.09. The number of nitrogens with two attached hydrogens (primary N) is 1. The minimum Gasteiger partial charge on any atom is -0.496 e. The minimum absolute atomic E-state index is 0.177. The van der Waals surface area contributed by atoms with Crippen LogP contribution in [-0.2, 0) is 12.8 Å². The van der Waals surface area contributed by atoms with E-state index in [9.17, 15) is 0 Å². The summed E-state index contributed by atoms with van der Waals surface area (Å²) in [6.07, 6.45) is 1.87. The molecule has 2 nitrogen and oxygen atoms in total. The van der Waals surface area contributed by atoms with E-state index in [1.54, 1.807) is 7.11 Å². The van der Waals surface area contributed by atoms with Crippen LogP contribution in [0.1, 0.15) is 25.0 Å². The Balaban J connectivity index is 3.02. The van der Waals surface area contributed by atoms with Crippen molar-refractivity contribution < 1.29 is 4.74 Å². The van der Waals surface area contributed by atoms with Crippen LogP contribution in [0.4, 0.5) is 0 Å². The van der Waals surface area contributed by atoms with Gasteiger partial charge in [0.2, 0.25) is 0 Å². The van der Waals surface area contributed by atoms with Gasteiger partial charge in [0.25, 0.3) is 0 Å². The molecule has 78 valence electrons. The van der Waals surface area contributed by atoms with Gasteiger partial charge in [-0.15, -0.1) is 0 Å². The molecule has 0 radical (unpaired) electrons. The van der Waals surface area contributed by atoms with Crippen molar-refractivity contribution in [3.63, 3.8) is 0 Å². The second-order valence-electron chi connectivity index (χ2n) is 3.64. The fraction of sp³-hybridized carbons (Fsp3) is 0.500. The van der Waals surface area contributed by atoms with E-state index in [4.69, 9.17) is 10.5 Å². The molecule has 1 aromatic rings. The molecular formula is C12H19NO. The lowest BCUT2D eigenvalue weighted by molar-refractivity contribution is 0.403. The van der Waals surface area contributed by atoms with Crippen LogP contribution in [0.3, 0.4) is 0 Å². The highest BCUT2D eigenvalue weighted by Gasteiger charge is 2.08. The molecule has 0 aliphatic heterocycles. The summed E-state index contributed by atoms with van der Waals surface area (Å²) in [7, 11) is 1.72. The molecule has 1 aromatic carbocycles. The molecule has 0 spiro atoms. The lowest BCUT2D eigenvalue weighted by Gasteiger charge is -2.13. The van der Waals surface area contributed by atoms with Gasteiger partial charge in [-0.05, 0) is 30.9 Å². The van der Waals surface area contributed by atoms with Crippen molar-refractivity contribution in [3.05, 3.63) is 29.3 Å². The molecule has 2 N–H and O–H groups in total. The Morgan fingerprint density at radius 3 is 2.50 bits per heavy atom. The zero-order valence-electron chi connectivity index (χ0n) is 9.21. The molecule has 0 bridgehead atoms. The molecule has 2 heteroatoms. The summed E-state index contributed by atoms with van der Waals surface area (Å²) < 4.78 is 5.41. The number of hydrogen-bond acceptors (Lipinski definition) is 2. The number of aryl methyl sites for hydroxylation is 1. The summed E-state index contributed by atoms with van der Waals surface area (Å²) in [5, 5.41) is 0. The van der Waals surface area contributed by atoms with Crippen LogP contribution in [0.25, 0.3) is 0 Å². The van der Waals surface area contributed by atoms with Crippen LogP contribution in [0, 0.1) is 0 Å². The van der Waals surface area contributed by atoms with Crippen LogP contribution in [-0.4, -0.2) is 13.2 Å². The van der Waals surface area contributed by atoms with Crippen LogP contribution in [0.5, 0.6) is 5.75 Å². The molecular weight excluding hydrogens is 174 g/mol. The van der Waals surface area contributed by atoms with Gasteiger partial charge in [0.15, 0.2) is 0 Å². The highest BCUT2D eigenvalue weighted by molar-refractivity contribution is 5.42. The maximum Gasteiger partial charge on any atom is 0.125 e. The van der Waals surface area contributed by atoms with Crippen LogP contribution in [0.15, 0.2) is 18.2 Å². The maximum atomic E-state index is 5.78. The minimum atomic E-state index is 0.177. The van der Waals surface area contributed by atoms with E-state index in [2.05, 4.69) is 25.1 Å². The van der Waals surface area contributed by atoms with Crippen molar-refractivity contribution in [3.8, 4) is 5.75 Å². The van der Waals surface area contributed by atoms with Crippen molar-refractivity contribution in [2.45, 2.75) is 32.7 Å². The van der Waals surface area contributed by atoms with Gasteiger partial charge >= 0.3 is 0 Å². The molecule has 1 atom stereocenters. The third kappa shape index (κ3) is 2.48. The highest BCUT2D eigenvalue weighted by Crippen LogP contribution is 2.25. The zero-order valence-corrected chi connectivity index (χ0v) is 9.21. The van der Waals surface area contributed by atoms with Crippen molar-refractivity contribution in [1.29, 1.82) is 0 Å². The van der Waals surface area contributed by atoms with Crippen molar-refractivity contribution in [1.82, 2.24) is 0 Å². The number of hydrogen-bond donors (Lipinski definition) is 1. The largest absolute Gasteiger partial charge is 0.496 e. The number of benzene rings is 1. The van der Waals surface area contributed by atoms with Crippen LogP contribution in [0.2, 0.25) is 0 Å². The Hall–Kier alpha value is -1.02. The molecule has 0 aromatic heterocycles. The van der Waals surface area contributed by atoms with Gasteiger partial charge < -0.3 is 10.5 Å². The fourth-order valence-electron chi connectivity index (χ4n) is 1.69. The SMILES string of the molecule is CCc1cccc(CC(C)N)c1OC. The smallest absolute Gasteiger partial charge is 0.125 e. The van der Waals surface area contributed by atoms with Gasteiger partial charge in [-0.25, -0.2) is 0 Å². The quantitative estimate of drug-likeness (QED) is 0.795. The first-order chi connectivity index (χ1) is 6.69. The first-order valence-corrected chi connectivity index (χ1v) is 5.09. The first kappa shape index (κ1) is 11.1. The molecule has 0 aliphatic carbocycles. The van der Waals surface area contributed by atoms with E-state index in [0.717, 1.165) is 18.6 Å². The summed E-state index contributed by atoms with van der Waals surface area (Å²) in [6, 6.07) is 6.43. The zero-order chi connectivity index (χ0) is 10.6. The number of rotatable bonds is 4. The Morgan fingerprint density at radius 1 is 1.36 bits per heavy atom. The third-order valence-electron chi connectivity index (χ3n) is 2.31. The summed E-state index contributed by atoms with van der Waals surface area (Å²) in [4.78, 5) is 0. The standard InChI is InChI=1S/C12H19NO/c1-4-10-6-5-7-11(8-9(2)13)12(10)14-3/h5-7,9H,4,8,13H2,1-3H3. The summed E-state index contributed by atoms with van der Waals surface area (Å²) in [5.41, 5.74) is 8.25. The average molecular weight is 193 g/mol. The van der Waals surface area contributed by atoms with E-state index in [0.29, 0.717) is 0 Å². The molecule has 0 saturated heterocycles. The summed E-state index contributed by atoms with van der Waals surface area (Å²) >= 11 is 0. The number of ether oxygens (including phenoxy) is 1. The van der Waals surface area contributed by atoms with Gasteiger partial charge in [0, 0.05) is 6.04 Å². The maximum absolute atomic E-state index is 5.78. The van der Waals surface area contributed by atoms with Gasteiger partial charge in [0.1, 0.15) is 5.75 Å². The lowest BCUT2D eigenvalue weighted by Crippen LogP contribution is -2.18. The van der Waals surface area contributed by atoms with Gasteiger partial charge in [-0.1, -0.05) is 25.1 Å². The summed E-state index contributed by atoms with van der Waals surface area (Å²) in [5.74, 6) is 1.01. The molecule has 0 saturated carbocycles. The molecule has 0 fully saturated rings. The van der Waals surface area contributed by atoms with Crippen LogP contribution < -0.4 is 10.5 Å². The molecule has 14 heavy (non-hydrogen) atoms. The Labute approximate surface area is 86.1 Å². The van der Waals surface area contributed by atoms with E-state index in [-0.39, 0.29) is 6.04 Å². The second-order valence-corrected chi connectivity index (χ2v) is 3.64. The van der Waals surface area contributed by atoms with Gasteiger partial charge in [-0.2, -0.15) is 0 Å². The van der Waals surface area contributed by atoms with Crippen molar-refractivity contribution in [2.75, 3.05) is 7.11 Å². The van der Waals surface area contributed by atoms with E-state index in [1.165, 1.54) is 11.1 Å². The average Bonchev–Trinajstić information content (AvgIpc) is 2.16. The molecule has 1 unspecified atom stereocenters. The number of para-hydroxylation sites is 1. The summed E-state index contributed by atoms with van der Waals surface area (Å²) in [6.45, 7) is 4.14. The molecule has 0 aliphatic rings. The number of methoxy groups -OCH3 is 1. The fourth-order valence-corrected chi connectivity index (χ4v) is 1.69. The normalized spacial score (nSPS) is 12.6. The Morgan fingerprint density at radius 2 is 2.00 bits per heavy atom. The van der Waals surface area contributed by atoms with Crippen molar-refractivity contribution >= 4 is 0 Å². The van der Waals surface area contributed by atoms with E-state index < -0.39 is 0 Å². The van der Waals surface area contributed by atoms with E-state index in [1.807, 2.05) is 6.92 Å².